The first-order chi connectivity index (χ1) is 8.31. The first kappa shape index (κ1) is 10.2. The molecule has 0 fully saturated rings. The number of thiophene rings is 1. The van der Waals surface area contributed by atoms with Gasteiger partial charge >= 0.3 is 5.97 Å². The van der Waals surface area contributed by atoms with Gasteiger partial charge in [-0.25, -0.2) is 9.78 Å². The summed E-state index contributed by atoms with van der Waals surface area (Å²) in [6, 6.07) is 9.52. The fourth-order valence-electron chi connectivity index (χ4n) is 1.94. The van der Waals surface area contributed by atoms with Crippen molar-refractivity contribution in [3.05, 3.63) is 41.3 Å². The highest BCUT2D eigenvalue weighted by molar-refractivity contribution is 7.16. The summed E-state index contributed by atoms with van der Waals surface area (Å²) in [5, 5.41) is 3.63. The van der Waals surface area contributed by atoms with Gasteiger partial charge in [-0.15, -0.1) is 11.3 Å². The Labute approximate surface area is 102 Å². The topological polar surface area (TPSA) is 39.2 Å². The van der Waals surface area contributed by atoms with E-state index in [1.165, 1.54) is 18.4 Å². The molecular formula is C13H9NO2S. The Kier molecular flexibility index (Phi) is 2.30. The number of hydrogen-bond acceptors (Lipinski definition) is 4. The molecule has 0 amide bonds. The Balaban J connectivity index is 2.52. The van der Waals surface area contributed by atoms with Gasteiger partial charge in [0.2, 0.25) is 0 Å². The van der Waals surface area contributed by atoms with Gasteiger partial charge < -0.3 is 4.74 Å². The smallest absolute Gasteiger partial charge is 0.339 e. The predicted molar refractivity (Wildman–Crippen MR) is 68.5 cm³/mol. The summed E-state index contributed by atoms with van der Waals surface area (Å²) in [7, 11) is 1.40. The lowest BCUT2D eigenvalue weighted by molar-refractivity contribution is 0.0605. The summed E-state index contributed by atoms with van der Waals surface area (Å²) < 4.78 is 4.86. The number of nitrogens with zero attached hydrogens (tertiary/aromatic N) is 1. The normalized spacial score (nSPS) is 10.9. The number of para-hydroxylation sites is 1. The largest absolute Gasteiger partial charge is 0.465 e. The molecule has 0 saturated heterocycles. The minimum Gasteiger partial charge on any atom is -0.465 e. The summed E-state index contributed by atoms with van der Waals surface area (Å²) >= 11 is 1.53. The van der Waals surface area contributed by atoms with Crippen LogP contribution >= 0.6 is 11.3 Å². The highest BCUT2D eigenvalue weighted by Gasteiger charge is 2.16. The molecule has 2 heterocycles. The molecule has 0 saturated carbocycles. The van der Waals surface area contributed by atoms with Crippen molar-refractivity contribution in [3.8, 4) is 0 Å². The summed E-state index contributed by atoms with van der Waals surface area (Å²) in [4.78, 5) is 17.3. The maximum atomic E-state index is 11.9. The first-order valence-electron chi connectivity index (χ1n) is 5.15. The average Bonchev–Trinajstić information content (AvgIpc) is 2.82. The maximum Gasteiger partial charge on any atom is 0.339 e. The molecule has 0 aliphatic heterocycles. The molecule has 0 aliphatic rings. The number of hydrogen-bond donors (Lipinski definition) is 0. The zero-order valence-electron chi connectivity index (χ0n) is 9.14. The second-order valence-corrected chi connectivity index (χ2v) is 4.53. The molecule has 3 rings (SSSR count). The van der Waals surface area contributed by atoms with Crippen molar-refractivity contribution in [1.82, 2.24) is 4.98 Å². The van der Waals surface area contributed by atoms with Crippen LogP contribution < -0.4 is 0 Å². The van der Waals surface area contributed by atoms with Crippen molar-refractivity contribution in [2.24, 2.45) is 0 Å². The number of pyridine rings is 1. The van der Waals surface area contributed by atoms with Gasteiger partial charge in [-0.3, -0.25) is 0 Å². The second kappa shape index (κ2) is 3.82. The summed E-state index contributed by atoms with van der Waals surface area (Å²) in [5.74, 6) is -0.313. The zero-order chi connectivity index (χ0) is 11.8. The van der Waals surface area contributed by atoms with Crippen LogP contribution in [0.25, 0.3) is 21.1 Å². The minimum atomic E-state index is -0.313. The molecule has 0 spiro atoms. The van der Waals surface area contributed by atoms with Gasteiger partial charge in [-0.1, -0.05) is 18.2 Å². The number of carbonyl (C=O) groups is 1. The molecule has 84 valence electrons. The van der Waals surface area contributed by atoms with E-state index < -0.39 is 0 Å². The standard InChI is InChI=1S/C13H9NO2S/c1-16-13(15)11-8-4-2-3-5-10(8)14-12-9(11)6-7-17-12/h2-7H,1H3. The van der Waals surface area contributed by atoms with E-state index in [-0.39, 0.29) is 5.97 Å². The fourth-order valence-corrected chi connectivity index (χ4v) is 2.72. The first-order valence-corrected chi connectivity index (χ1v) is 6.03. The molecule has 2 aromatic heterocycles. The summed E-state index contributed by atoms with van der Waals surface area (Å²) in [6.07, 6.45) is 0. The van der Waals surface area contributed by atoms with E-state index in [2.05, 4.69) is 4.98 Å². The average molecular weight is 243 g/mol. The molecule has 3 aromatic rings. The quantitative estimate of drug-likeness (QED) is 0.616. The Bertz CT molecular complexity index is 718. The molecule has 0 unspecified atom stereocenters. The number of methoxy groups -OCH3 is 1. The van der Waals surface area contributed by atoms with Crippen LogP contribution in [0.15, 0.2) is 35.7 Å². The van der Waals surface area contributed by atoms with Gasteiger partial charge in [-0.05, 0) is 17.5 Å². The van der Waals surface area contributed by atoms with E-state index in [1.807, 2.05) is 35.7 Å². The summed E-state index contributed by atoms with van der Waals surface area (Å²) in [6.45, 7) is 0. The van der Waals surface area contributed by atoms with Gasteiger partial charge in [0.25, 0.3) is 0 Å². The van der Waals surface area contributed by atoms with E-state index in [1.54, 1.807) is 0 Å². The van der Waals surface area contributed by atoms with Crippen LogP contribution in [0, 0.1) is 0 Å². The highest BCUT2D eigenvalue weighted by Crippen LogP contribution is 2.29. The molecule has 0 aliphatic carbocycles. The number of ether oxygens (including phenoxy) is 1. The van der Waals surface area contributed by atoms with Crippen LogP contribution in [0.2, 0.25) is 0 Å². The van der Waals surface area contributed by atoms with Crippen LogP contribution in [0.5, 0.6) is 0 Å². The lowest BCUT2D eigenvalue weighted by Gasteiger charge is -2.05. The SMILES string of the molecule is COC(=O)c1c2ccccc2nc2sccc12. The number of aromatic nitrogens is 1. The van der Waals surface area contributed by atoms with E-state index in [9.17, 15) is 4.79 Å². The number of benzene rings is 1. The number of carbonyl (C=O) groups excluding carboxylic acids is 1. The van der Waals surface area contributed by atoms with Crippen molar-refractivity contribution < 1.29 is 9.53 Å². The van der Waals surface area contributed by atoms with E-state index in [0.29, 0.717) is 5.56 Å². The minimum absolute atomic E-state index is 0.313. The molecule has 0 radical (unpaired) electrons. The highest BCUT2D eigenvalue weighted by atomic mass is 32.1. The predicted octanol–water partition coefficient (Wildman–Crippen LogP) is 3.24. The van der Waals surface area contributed by atoms with Crippen molar-refractivity contribution in [1.29, 1.82) is 0 Å². The molecule has 0 atom stereocenters. The third kappa shape index (κ3) is 1.49. The van der Waals surface area contributed by atoms with Crippen LogP contribution in [0.4, 0.5) is 0 Å². The third-order valence-corrected chi connectivity index (χ3v) is 3.51. The molecule has 4 heteroatoms. The van der Waals surface area contributed by atoms with Gasteiger partial charge in [0.15, 0.2) is 0 Å². The molecule has 17 heavy (non-hydrogen) atoms. The lowest BCUT2D eigenvalue weighted by atomic mass is 10.1. The van der Waals surface area contributed by atoms with E-state index in [0.717, 1.165) is 21.1 Å². The third-order valence-electron chi connectivity index (χ3n) is 2.70. The summed E-state index contributed by atoms with van der Waals surface area (Å²) in [5.41, 5.74) is 1.43. The van der Waals surface area contributed by atoms with Crippen LogP contribution in [0.3, 0.4) is 0 Å². The van der Waals surface area contributed by atoms with Crippen molar-refractivity contribution in [2.45, 2.75) is 0 Å². The van der Waals surface area contributed by atoms with Crippen molar-refractivity contribution in [2.75, 3.05) is 7.11 Å². The van der Waals surface area contributed by atoms with Gasteiger partial charge in [0.1, 0.15) is 4.83 Å². The zero-order valence-corrected chi connectivity index (χ0v) is 9.95. The fraction of sp³-hybridized carbons (Fsp3) is 0.0769. The van der Waals surface area contributed by atoms with Crippen molar-refractivity contribution in [3.63, 3.8) is 0 Å². The number of esters is 1. The molecule has 0 N–H and O–H groups in total. The van der Waals surface area contributed by atoms with Crippen LogP contribution in [0.1, 0.15) is 10.4 Å². The Morgan fingerprint density at radius 1 is 1.24 bits per heavy atom. The molecule has 1 aromatic carbocycles. The second-order valence-electron chi connectivity index (χ2n) is 3.63. The Hall–Kier alpha value is -1.94. The molecular weight excluding hydrogens is 234 g/mol. The van der Waals surface area contributed by atoms with E-state index >= 15 is 0 Å². The van der Waals surface area contributed by atoms with Crippen LogP contribution in [-0.2, 0) is 4.74 Å². The lowest BCUT2D eigenvalue weighted by Crippen LogP contribution is -2.03. The van der Waals surface area contributed by atoms with Gasteiger partial charge in [0.05, 0.1) is 18.2 Å². The Morgan fingerprint density at radius 2 is 2.06 bits per heavy atom. The molecule has 0 bridgehead atoms. The van der Waals surface area contributed by atoms with Crippen molar-refractivity contribution >= 4 is 38.4 Å². The van der Waals surface area contributed by atoms with Gasteiger partial charge in [-0.2, -0.15) is 0 Å². The van der Waals surface area contributed by atoms with Crippen LogP contribution in [-0.4, -0.2) is 18.1 Å². The maximum absolute atomic E-state index is 11.9. The molecule has 3 nitrogen and oxygen atoms in total. The monoisotopic (exact) mass is 243 g/mol. The number of rotatable bonds is 1. The van der Waals surface area contributed by atoms with E-state index in [4.69, 9.17) is 4.74 Å². The number of fused-ring (bicyclic) bond motifs is 2. The van der Waals surface area contributed by atoms with Gasteiger partial charge in [0, 0.05) is 10.8 Å². The Morgan fingerprint density at radius 3 is 2.88 bits per heavy atom.